The zero-order chi connectivity index (χ0) is 19.2. The van der Waals surface area contributed by atoms with Crippen LogP contribution in [0.25, 0.3) is 0 Å². The molecule has 27 heavy (non-hydrogen) atoms. The van der Waals surface area contributed by atoms with Crippen LogP contribution in [0.15, 0.2) is 42.7 Å². The molecular formula is C20H24N4O3. The van der Waals surface area contributed by atoms with Gasteiger partial charge in [-0.05, 0) is 42.9 Å². The van der Waals surface area contributed by atoms with Crippen LogP contribution < -0.4 is 10.2 Å². The van der Waals surface area contributed by atoms with E-state index in [1.807, 2.05) is 12.1 Å². The van der Waals surface area contributed by atoms with Crippen molar-refractivity contribution in [2.24, 2.45) is 5.92 Å². The zero-order valence-electron chi connectivity index (χ0n) is 15.4. The molecule has 1 aromatic heterocycles. The number of carbonyl (C=O) groups is 1. The van der Waals surface area contributed by atoms with Crippen LogP contribution in [0.2, 0.25) is 0 Å². The second kappa shape index (κ2) is 8.62. The minimum atomic E-state index is -0.464. The Morgan fingerprint density at radius 3 is 2.78 bits per heavy atom. The van der Waals surface area contributed by atoms with Gasteiger partial charge in [-0.15, -0.1) is 0 Å². The van der Waals surface area contributed by atoms with Gasteiger partial charge in [0, 0.05) is 44.2 Å². The number of rotatable bonds is 6. The molecule has 0 aliphatic carbocycles. The highest BCUT2D eigenvalue weighted by Crippen LogP contribution is 2.29. The number of nitro groups is 1. The lowest BCUT2D eigenvalue weighted by Crippen LogP contribution is -2.35. The number of pyridine rings is 1. The van der Waals surface area contributed by atoms with Gasteiger partial charge in [-0.1, -0.05) is 13.0 Å². The Kier molecular flexibility index (Phi) is 6.01. The SMILES string of the molecule is CC1CCN(c2ccc([N+](=O)[O-])cc2C(=O)NCCc2cccnc2)CC1. The Bertz CT molecular complexity index is 802. The van der Waals surface area contributed by atoms with E-state index in [4.69, 9.17) is 0 Å². The van der Waals surface area contributed by atoms with Gasteiger partial charge < -0.3 is 10.2 Å². The molecule has 7 heteroatoms. The van der Waals surface area contributed by atoms with Gasteiger partial charge in [0.2, 0.25) is 0 Å². The van der Waals surface area contributed by atoms with Gasteiger partial charge in [-0.25, -0.2) is 0 Å². The number of anilines is 1. The van der Waals surface area contributed by atoms with Crippen LogP contribution in [0.4, 0.5) is 11.4 Å². The Morgan fingerprint density at radius 2 is 2.11 bits per heavy atom. The van der Waals surface area contributed by atoms with Gasteiger partial charge in [0.15, 0.2) is 0 Å². The lowest BCUT2D eigenvalue weighted by molar-refractivity contribution is -0.384. The Morgan fingerprint density at radius 1 is 1.33 bits per heavy atom. The first kappa shape index (κ1) is 18.8. The number of nitro benzene ring substituents is 1. The molecule has 1 aliphatic heterocycles. The number of nitrogens with one attached hydrogen (secondary N) is 1. The van der Waals surface area contributed by atoms with Crippen LogP contribution in [-0.4, -0.2) is 35.4 Å². The van der Waals surface area contributed by atoms with Crippen molar-refractivity contribution in [3.05, 3.63) is 64.0 Å². The summed E-state index contributed by atoms with van der Waals surface area (Å²) in [5, 5.41) is 14.0. The maximum absolute atomic E-state index is 12.8. The first-order chi connectivity index (χ1) is 13.0. The molecule has 0 saturated carbocycles. The standard InChI is InChI=1S/C20H24N4O3/c1-15-7-11-23(12-8-15)19-5-4-17(24(26)27)13-18(19)20(25)22-10-6-16-3-2-9-21-14-16/h2-5,9,13-15H,6-8,10-12H2,1H3,(H,22,25). The molecule has 0 bridgehead atoms. The second-order valence-electron chi connectivity index (χ2n) is 7.00. The molecule has 1 amide bonds. The molecule has 0 unspecified atom stereocenters. The maximum Gasteiger partial charge on any atom is 0.270 e. The number of piperidine rings is 1. The second-order valence-corrected chi connectivity index (χ2v) is 7.00. The van der Waals surface area contributed by atoms with E-state index in [-0.39, 0.29) is 11.6 Å². The fourth-order valence-corrected chi connectivity index (χ4v) is 3.31. The number of benzene rings is 1. The number of non-ortho nitro benzene ring substituents is 1. The van der Waals surface area contributed by atoms with E-state index >= 15 is 0 Å². The van der Waals surface area contributed by atoms with Crippen LogP contribution >= 0.6 is 0 Å². The molecule has 142 valence electrons. The highest BCUT2D eigenvalue weighted by molar-refractivity contribution is 6.00. The summed E-state index contributed by atoms with van der Waals surface area (Å²) in [6.45, 7) is 4.38. The summed E-state index contributed by atoms with van der Waals surface area (Å²) >= 11 is 0. The highest BCUT2D eigenvalue weighted by atomic mass is 16.6. The summed E-state index contributed by atoms with van der Waals surface area (Å²) in [5.74, 6) is 0.382. The predicted octanol–water partition coefficient (Wildman–Crippen LogP) is 3.20. The molecule has 2 aromatic rings. The minimum Gasteiger partial charge on any atom is -0.371 e. The lowest BCUT2D eigenvalue weighted by Gasteiger charge is -2.33. The normalized spacial score (nSPS) is 14.8. The predicted molar refractivity (Wildman–Crippen MR) is 104 cm³/mol. The average Bonchev–Trinajstić information content (AvgIpc) is 2.69. The number of hydrogen-bond acceptors (Lipinski definition) is 5. The third-order valence-electron chi connectivity index (χ3n) is 4.98. The summed E-state index contributed by atoms with van der Waals surface area (Å²) < 4.78 is 0. The van der Waals surface area contributed by atoms with Gasteiger partial charge in [-0.3, -0.25) is 19.9 Å². The van der Waals surface area contributed by atoms with Gasteiger partial charge in [0.25, 0.3) is 11.6 Å². The monoisotopic (exact) mass is 368 g/mol. The van der Waals surface area contributed by atoms with Gasteiger partial charge >= 0.3 is 0 Å². The van der Waals surface area contributed by atoms with E-state index in [1.54, 1.807) is 18.5 Å². The molecule has 7 nitrogen and oxygen atoms in total. The molecule has 0 radical (unpaired) electrons. The summed E-state index contributed by atoms with van der Waals surface area (Å²) in [6.07, 6.45) is 6.24. The average molecular weight is 368 g/mol. The van der Waals surface area contributed by atoms with Crippen molar-refractivity contribution < 1.29 is 9.72 Å². The topological polar surface area (TPSA) is 88.4 Å². The molecule has 1 N–H and O–H groups in total. The van der Waals surface area contributed by atoms with Crippen LogP contribution in [0.1, 0.15) is 35.7 Å². The molecule has 1 saturated heterocycles. The Labute approximate surface area is 158 Å². The van der Waals surface area contributed by atoms with Crippen molar-refractivity contribution in [2.45, 2.75) is 26.2 Å². The maximum atomic E-state index is 12.8. The zero-order valence-corrected chi connectivity index (χ0v) is 15.4. The van der Waals surface area contributed by atoms with Crippen LogP contribution in [0.3, 0.4) is 0 Å². The number of nitrogens with zero attached hydrogens (tertiary/aromatic N) is 3. The van der Waals surface area contributed by atoms with Gasteiger partial charge in [0.1, 0.15) is 0 Å². The molecule has 1 fully saturated rings. The third kappa shape index (κ3) is 4.81. The van der Waals surface area contributed by atoms with Crippen LogP contribution in [0, 0.1) is 16.0 Å². The number of aromatic nitrogens is 1. The molecule has 0 spiro atoms. The first-order valence-electron chi connectivity index (χ1n) is 9.25. The van der Waals surface area contributed by atoms with Crippen LogP contribution in [-0.2, 0) is 6.42 Å². The number of carbonyl (C=O) groups excluding carboxylic acids is 1. The molecular weight excluding hydrogens is 344 g/mol. The quantitative estimate of drug-likeness (QED) is 0.625. The molecule has 2 heterocycles. The van der Waals surface area contributed by atoms with E-state index in [0.717, 1.165) is 37.2 Å². The fraction of sp³-hybridized carbons (Fsp3) is 0.400. The van der Waals surface area contributed by atoms with Crippen molar-refractivity contribution in [2.75, 3.05) is 24.5 Å². The van der Waals surface area contributed by atoms with E-state index in [1.165, 1.54) is 12.1 Å². The number of hydrogen-bond donors (Lipinski definition) is 1. The van der Waals surface area contributed by atoms with Crippen molar-refractivity contribution in [3.8, 4) is 0 Å². The fourth-order valence-electron chi connectivity index (χ4n) is 3.31. The molecule has 1 aromatic carbocycles. The number of amides is 1. The van der Waals surface area contributed by atoms with E-state index < -0.39 is 4.92 Å². The molecule has 1 aliphatic rings. The van der Waals surface area contributed by atoms with Gasteiger partial charge in [-0.2, -0.15) is 0 Å². The largest absolute Gasteiger partial charge is 0.371 e. The summed E-state index contributed by atoms with van der Waals surface area (Å²) in [7, 11) is 0. The summed E-state index contributed by atoms with van der Waals surface area (Å²) in [5.41, 5.74) is 2.10. The molecule has 3 rings (SSSR count). The van der Waals surface area contributed by atoms with Gasteiger partial charge in [0.05, 0.1) is 16.2 Å². The summed E-state index contributed by atoms with van der Waals surface area (Å²) in [4.78, 5) is 29.7. The van der Waals surface area contributed by atoms with Crippen LogP contribution in [0.5, 0.6) is 0 Å². The van der Waals surface area contributed by atoms with Crippen molar-refractivity contribution in [1.29, 1.82) is 0 Å². The smallest absolute Gasteiger partial charge is 0.270 e. The minimum absolute atomic E-state index is 0.0680. The van der Waals surface area contributed by atoms with E-state index in [0.29, 0.717) is 24.4 Å². The lowest BCUT2D eigenvalue weighted by atomic mass is 9.98. The summed E-state index contributed by atoms with van der Waals surface area (Å²) in [6, 6.07) is 8.36. The first-order valence-corrected chi connectivity index (χ1v) is 9.25. The highest BCUT2D eigenvalue weighted by Gasteiger charge is 2.23. The van der Waals surface area contributed by atoms with E-state index in [2.05, 4.69) is 22.1 Å². The van der Waals surface area contributed by atoms with Crippen molar-refractivity contribution in [3.63, 3.8) is 0 Å². The van der Waals surface area contributed by atoms with E-state index in [9.17, 15) is 14.9 Å². The van der Waals surface area contributed by atoms with Crippen molar-refractivity contribution >= 4 is 17.3 Å². The Balaban J connectivity index is 1.75. The third-order valence-corrected chi connectivity index (χ3v) is 4.98. The Hall–Kier alpha value is -2.96. The molecule has 0 atom stereocenters. The van der Waals surface area contributed by atoms with Crippen molar-refractivity contribution in [1.82, 2.24) is 10.3 Å².